The van der Waals surface area contributed by atoms with Gasteiger partial charge in [0.1, 0.15) is 17.2 Å². The number of nitrogens with one attached hydrogen (secondary N) is 2. The van der Waals surface area contributed by atoms with Crippen molar-refractivity contribution in [3.8, 4) is 17.2 Å². The van der Waals surface area contributed by atoms with Crippen LogP contribution in [0, 0.1) is 0 Å². The molecule has 43 heavy (non-hydrogen) atoms. The maximum atomic E-state index is 13.8. The lowest BCUT2D eigenvalue weighted by Gasteiger charge is -2.44. The molecule has 4 N–H and O–H groups in total. The zero-order chi connectivity index (χ0) is 31.4. The summed E-state index contributed by atoms with van der Waals surface area (Å²) in [6.07, 6.45) is -6.35. The Labute approximate surface area is 247 Å². The molecule has 3 aromatic carbocycles. The molecule has 0 aliphatic carbocycles. The SMILES string of the molecule is CC(NC(=O)Oc1ccccc1)N(C(C)NC(=O)Oc1ccccc1)C(CCC(=O)O)(C(=O)O)C(=O)Oc1ccccc1. The van der Waals surface area contributed by atoms with E-state index in [0.29, 0.717) is 0 Å². The first-order valence-electron chi connectivity index (χ1n) is 13.1. The van der Waals surface area contributed by atoms with Crippen molar-refractivity contribution in [2.24, 2.45) is 0 Å². The Morgan fingerprint density at radius 3 is 1.40 bits per heavy atom. The molecule has 0 radical (unpaired) electrons. The van der Waals surface area contributed by atoms with Crippen molar-refractivity contribution in [3.05, 3.63) is 91.0 Å². The van der Waals surface area contributed by atoms with Crippen LogP contribution in [-0.4, -0.2) is 63.1 Å². The zero-order valence-corrected chi connectivity index (χ0v) is 23.3. The molecule has 3 unspecified atom stereocenters. The van der Waals surface area contributed by atoms with Gasteiger partial charge in [0.2, 0.25) is 5.54 Å². The summed E-state index contributed by atoms with van der Waals surface area (Å²) in [6, 6.07) is 23.5. The lowest BCUT2D eigenvalue weighted by molar-refractivity contribution is -0.173. The number of benzene rings is 3. The molecule has 2 amide bonds. The molecule has 0 aromatic heterocycles. The number of aliphatic carboxylic acids is 2. The Morgan fingerprint density at radius 1 is 0.674 bits per heavy atom. The molecule has 0 fully saturated rings. The third-order valence-corrected chi connectivity index (χ3v) is 6.18. The van der Waals surface area contributed by atoms with E-state index in [1.54, 1.807) is 54.6 Å². The summed E-state index contributed by atoms with van der Waals surface area (Å²) in [7, 11) is 0. The number of carbonyl (C=O) groups excluding carboxylic acids is 3. The predicted molar refractivity (Wildman–Crippen MR) is 151 cm³/mol. The molecule has 0 saturated carbocycles. The Bertz CT molecular complexity index is 1340. The normalized spacial score (nSPS) is 13.5. The van der Waals surface area contributed by atoms with Crippen molar-refractivity contribution in [3.63, 3.8) is 0 Å². The van der Waals surface area contributed by atoms with Crippen LogP contribution >= 0.6 is 0 Å². The van der Waals surface area contributed by atoms with E-state index in [1.165, 1.54) is 50.2 Å². The highest BCUT2D eigenvalue weighted by Gasteiger charge is 2.57. The Morgan fingerprint density at radius 2 is 1.05 bits per heavy atom. The van der Waals surface area contributed by atoms with E-state index in [0.717, 1.165) is 4.90 Å². The number of nitrogens with zero attached hydrogens (tertiary/aromatic N) is 1. The van der Waals surface area contributed by atoms with Gasteiger partial charge >= 0.3 is 30.1 Å². The summed E-state index contributed by atoms with van der Waals surface area (Å²) in [5.41, 5.74) is -2.74. The van der Waals surface area contributed by atoms with Gasteiger partial charge in [0.15, 0.2) is 0 Å². The number of ether oxygens (including phenoxy) is 3. The number of carboxylic acids is 2. The standard InChI is InChI=1S/C30H31N3O10/c1-20(31-28(39)42-23-14-8-4-9-15-23)33(21(2)32-29(40)43-24-16-10-5-11-17-24)30(26(36)37,19-18-25(34)35)27(38)41-22-12-6-3-7-13-22/h3-17,20-21H,18-19H2,1-2H3,(H,31,39)(H,32,40)(H,34,35)(H,36,37). The van der Waals surface area contributed by atoms with Crippen molar-refractivity contribution >= 4 is 30.1 Å². The minimum Gasteiger partial charge on any atom is -0.481 e. The largest absolute Gasteiger partial charge is 0.481 e. The van der Waals surface area contributed by atoms with Gasteiger partial charge in [0, 0.05) is 6.42 Å². The minimum atomic E-state index is -2.74. The van der Waals surface area contributed by atoms with E-state index in [9.17, 15) is 34.2 Å². The van der Waals surface area contributed by atoms with Crippen molar-refractivity contribution in [2.45, 2.75) is 44.6 Å². The molecule has 0 bridgehead atoms. The van der Waals surface area contributed by atoms with Crippen molar-refractivity contribution in [1.29, 1.82) is 0 Å². The topological polar surface area (TPSA) is 181 Å². The number of carboxylic acid groups (broad SMARTS) is 2. The molecule has 3 rings (SSSR count). The van der Waals surface area contributed by atoms with Gasteiger partial charge in [-0.3, -0.25) is 4.79 Å². The second-order valence-corrected chi connectivity index (χ2v) is 9.21. The van der Waals surface area contributed by atoms with Gasteiger partial charge in [0.25, 0.3) is 0 Å². The Kier molecular flexibility index (Phi) is 11.2. The molecule has 3 atom stereocenters. The highest BCUT2D eigenvalue weighted by molar-refractivity contribution is 6.05. The monoisotopic (exact) mass is 593 g/mol. The second kappa shape index (κ2) is 15.0. The second-order valence-electron chi connectivity index (χ2n) is 9.21. The third kappa shape index (κ3) is 8.78. The number of hydrogen-bond donors (Lipinski definition) is 4. The van der Waals surface area contributed by atoms with Gasteiger partial charge in [-0.25, -0.2) is 24.1 Å². The van der Waals surface area contributed by atoms with E-state index in [-0.39, 0.29) is 17.2 Å². The maximum Gasteiger partial charge on any atom is 0.413 e. The maximum absolute atomic E-state index is 13.8. The van der Waals surface area contributed by atoms with Crippen LogP contribution in [0.2, 0.25) is 0 Å². The van der Waals surface area contributed by atoms with Crippen LogP contribution in [0.1, 0.15) is 26.7 Å². The Hall–Kier alpha value is -5.43. The number of hydrogen-bond acceptors (Lipinski definition) is 9. The molecule has 13 heteroatoms. The number of amides is 2. The van der Waals surface area contributed by atoms with Gasteiger partial charge in [0.05, 0.1) is 12.3 Å². The molecule has 3 aromatic rings. The van der Waals surface area contributed by atoms with E-state index in [4.69, 9.17) is 14.2 Å². The zero-order valence-electron chi connectivity index (χ0n) is 23.3. The van der Waals surface area contributed by atoms with E-state index >= 15 is 0 Å². The van der Waals surface area contributed by atoms with E-state index in [1.807, 2.05) is 0 Å². The molecule has 0 heterocycles. The minimum absolute atomic E-state index is 0.0124. The van der Waals surface area contributed by atoms with Crippen LogP contribution in [0.4, 0.5) is 9.59 Å². The summed E-state index contributed by atoms with van der Waals surface area (Å²) in [4.78, 5) is 65.0. The Balaban J connectivity index is 2.02. The predicted octanol–water partition coefficient (Wildman–Crippen LogP) is 3.85. The quantitative estimate of drug-likeness (QED) is 0.0978. The fourth-order valence-electron chi connectivity index (χ4n) is 4.34. The first-order chi connectivity index (χ1) is 20.5. The molecule has 0 saturated heterocycles. The average molecular weight is 594 g/mol. The molecule has 0 aliphatic heterocycles. The van der Waals surface area contributed by atoms with Crippen LogP contribution < -0.4 is 24.8 Å². The smallest absolute Gasteiger partial charge is 0.413 e. The lowest BCUT2D eigenvalue weighted by atomic mass is 9.89. The van der Waals surface area contributed by atoms with Crippen LogP contribution in [-0.2, 0) is 14.4 Å². The fraction of sp³-hybridized carbons (Fsp3) is 0.233. The number of para-hydroxylation sites is 3. The third-order valence-electron chi connectivity index (χ3n) is 6.18. The summed E-state index contributed by atoms with van der Waals surface area (Å²) in [5, 5.41) is 24.9. The van der Waals surface area contributed by atoms with Gasteiger partial charge < -0.3 is 35.1 Å². The van der Waals surface area contributed by atoms with Crippen molar-refractivity contribution in [2.75, 3.05) is 0 Å². The lowest BCUT2D eigenvalue weighted by Crippen LogP contribution is -2.71. The molecule has 226 valence electrons. The number of esters is 1. The van der Waals surface area contributed by atoms with Gasteiger partial charge in [-0.05, 0) is 56.7 Å². The van der Waals surface area contributed by atoms with Gasteiger partial charge in [-0.2, -0.15) is 0 Å². The molecular weight excluding hydrogens is 562 g/mol. The van der Waals surface area contributed by atoms with Crippen LogP contribution in [0.3, 0.4) is 0 Å². The van der Waals surface area contributed by atoms with Gasteiger partial charge in [-0.1, -0.05) is 54.6 Å². The summed E-state index contributed by atoms with van der Waals surface area (Å²) < 4.78 is 15.9. The fourth-order valence-corrected chi connectivity index (χ4v) is 4.34. The van der Waals surface area contributed by atoms with Crippen molar-refractivity contribution in [1.82, 2.24) is 15.5 Å². The average Bonchev–Trinajstić information content (AvgIpc) is 2.96. The summed E-state index contributed by atoms with van der Waals surface area (Å²) in [6.45, 7) is 2.67. The molecule has 0 spiro atoms. The molecular formula is C30H31N3O10. The highest BCUT2D eigenvalue weighted by Crippen LogP contribution is 2.30. The van der Waals surface area contributed by atoms with E-state index in [2.05, 4.69) is 10.6 Å². The highest BCUT2D eigenvalue weighted by atomic mass is 16.6. The molecule has 0 aliphatic rings. The number of rotatable bonds is 13. The molecule has 13 nitrogen and oxygen atoms in total. The van der Waals surface area contributed by atoms with E-state index < -0.39 is 60.8 Å². The van der Waals surface area contributed by atoms with Crippen LogP contribution in [0.15, 0.2) is 91.0 Å². The van der Waals surface area contributed by atoms with Crippen LogP contribution in [0.25, 0.3) is 0 Å². The first-order valence-corrected chi connectivity index (χ1v) is 13.1. The van der Waals surface area contributed by atoms with Crippen molar-refractivity contribution < 1.29 is 48.4 Å². The van der Waals surface area contributed by atoms with Gasteiger partial charge in [-0.15, -0.1) is 0 Å². The first kappa shape index (κ1) is 32.1. The van der Waals surface area contributed by atoms with Crippen LogP contribution in [0.5, 0.6) is 17.2 Å². The number of carbonyl (C=O) groups is 5. The summed E-state index contributed by atoms with van der Waals surface area (Å²) in [5.74, 6) is -4.20. The summed E-state index contributed by atoms with van der Waals surface area (Å²) >= 11 is 0.